The van der Waals surface area contributed by atoms with E-state index in [1.807, 2.05) is 30.3 Å². The van der Waals surface area contributed by atoms with Crippen molar-refractivity contribution in [1.29, 1.82) is 0 Å². The van der Waals surface area contributed by atoms with Crippen LogP contribution in [0, 0.1) is 0 Å². The zero-order chi connectivity index (χ0) is 22.3. The molecule has 0 saturated carbocycles. The SMILES string of the molecule is COCCNC(=O)Cc1cccc(NS(=O)(=O)C2(F)C=CC(c3ccccc3)=CC2)n1. The highest BCUT2D eigenvalue weighted by molar-refractivity contribution is 7.94. The number of anilines is 1. The van der Waals surface area contributed by atoms with Gasteiger partial charge < -0.3 is 10.1 Å². The number of alkyl halides is 1. The molecule has 1 amide bonds. The van der Waals surface area contributed by atoms with E-state index >= 15 is 4.39 Å². The predicted octanol–water partition coefficient (Wildman–Crippen LogP) is 2.84. The Kier molecular flexibility index (Phi) is 7.19. The lowest BCUT2D eigenvalue weighted by Crippen LogP contribution is -2.37. The predicted molar refractivity (Wildman–Crippen MR) is 117 cm³/mol. The van der Waals surface area contributed by atoms with Gasteiger partial charge in [-0.3, -0.25) is 9.52 Å². The fraction of sp³-hybridized carbons (Fsp3) is 0.273. The molecule has 3 rings (SSSR count). The van der Waals surface area contributed by atoms with Crippen LogP contribution in [-0.2, 0) is 26.0 Å². The molecule has 7 nitrogen and oxygen atoms in total. The average molecular weight is 446 g/mol. The van der Waals surface area contributed by atoms with Gasteiger partial charge in [-0.15, -0.1) is 0 Å². The van der Waals surface area contributed by atoms with Crippen LogP contribution in [0.15, 0.2) is 66.8 Å². The lowest BCUT2D eigenvalue weighted by Gasteiger charge is -2.24. The summed E-state index contributed by atoms with van der Waals surface area (Å²) in [6.45, 7) is 0.738. The molecule has 1 heterocycles. The largest absolute Gasteiger partial charge is 0.383 e. The Balaban J connectivity index is 1.68. The van der Waals surface area contributed by atoms with Crippen LogP contribution < -0.4 is 10.0 Å². The lowest BCUT2D eigenvalue weighted by atomic mass is 9.99. The maximum Gasteiger partial charge on any atom is 0.273 e. The second-order valence-corrected chi connectivity index (χ2v) is 8.88. The quantitative estimate of drug-likeness (QED) is 0.579. The van der Waals surface area contributed by atoms with Crippen LogP contribution >= 0.6 is 0 Å². The highest BCUT2D eigenvalue weighted by Crippen LogP contribution is 2.34. The van der Waals surface area contributed by atoms with Gasteiger partial charge in [0.05, 0.1) is 18.7 Å². The van der Waals surface area contributed by atoms with Crippen molar-refractivity contribution in [1.82, 2.24) is 10.3 Å². The van der Waals surface area contributed by atoms with E-state index in [9.17, 15) is 13.2 Å². The summed E-state index contributed by atoms with van der Waals surface area (Å²) >= 11 is 0. The molecule has 0 bridgehead atoms. The molecule has 0 aliphatic heterocycles. The Labute approximate surface area is 181 Å². The zero-order valence-electron chi connectivity index (χ0n) is 17.0. The van der Waals surface area contributed by atoms with Gasteiger partial charge in [-0.25, -0.2) is 17.8 Å². The van der Waals surface area contributed by atoms with E-state index in [0.29, 0.717) is 18.8 Å². The number of allylic oxidation sites excluding steroid dienone is 3. The van der Waals surface area contributed by atoms with Crippen LogP contribution in [0.2, 0.25) is 0 Å². The minimum atomic E-state index is -4.43. The molecule has 2 N–H and O–H groups in total. The van der Waals surface area contributed by atoms with Crippen LogP contribution in [0.1, 0.15) is 17.7 Å². The summed E-state index contributed by atoms with van der Waals surface area (Å²) in [4.78, 5) is 16.0. The number of nitrogens with zero attached hydrogens (tertiary/aromatic N) is 1. The van der Waals surface area contributed by atoms with E-state index in [1.165, 1.54) is 19.3 Å². The normalized spacial score (nSPS) is 18.3. The smallest absolute Gasteiger partial charge is 0.273 e. The number of rotatable bonds is 9. The molecule has 0 spiro atoms. The van der Waals surface area contributed by atoms with Crippen molar-refractivity contribution >= 4 is 27.3 Å². The number of ether oxygens (including phenoxy) is 1. The van der Waals surface area contributed by atoms with E-state index in [1.54, 1.807) is 18.2 Å². The number of benzene rings is 1. The summed E-state index contributed by atoms with van der Waals surface area (Å²) in [6, 6.07) is 13.9. The van der Waals surface area contributed by atoms with Crippen LogP contribution in [0.25, 0.3) is 5.57 Å². The number of sulfonamides is 1. The summed E-state index contributed by atoms with van der Waals surface area (Å²) in [5.41, 5.74) is 1.99. The number of hydrogen-bond acceptors (Lipinski definition) is 5. The minimum absolute atomic E-state index is 0.0386. The Bertz CT molecular complexity index is 1090. The van der Waals surface area contributed by atoms with Crippen molar-refractivity contribution in [3.8, 4) is 0 Å². The van der Waals surface area contributed by atoms with Gasteiger partial charge in [-0.1, -0.05) is 48.6 Å². The molecule has 31 heavy (non-hydrogen) atoms. The molecule has 1 atom stereocenters. The van der Waals surface area contributed by atoms with Crippen molar-refractivity contribution in [2.24, 2.45) is 0 Å². The fourth-order valence-electron chi connectivity index (χ4n) is 3.02. The first-order valence-electron chi connectivity index (χ1n) is 9.71. The second-order valence-electron chi connectivity index (χ2n) is 6.99. The van der Waals surface area contributed by atoms with E-state index < -0.39 is 15.0 Å². The van der Waals surface area contributed by atoms with Crippen LogP contribution in [0.5, 0.6) is 0 Å². The lowest BCUT2D eigenvalue weighted by molar-refractivity contribution is -0.120. The monoisotopic (exact) mass is 445 g/mol. The average Bonchev–Trinajstić information content (AvgIpc) is 2.75. The van der Waals surface area contributed by atoms with Gasteiger partial charge in [-0.05, 0) is 29.3 Å². The summed E-state index contributed by atoms with van der Waals surface area (Å²) in [7, 11) is -2.90. The number of pyridine rings is 1. The van der Waals surface area contributed by atoms with Gasteiger partial charge in [-0.2, -0.15) is 0 Å². The zero-order valence-corrected chi connectivity index (χ0v) is 17.9. The van der Waals surface area contributed by atoms with E-state index in [0.717, 1.165) is 17.2 Å². The first-order valence-corrected chi connectivity index (χ1v) is 11.2. The molecule has 164 valence electrons. The third-order valence-electron chi connectivity index (χ3n) is 4.68. The number of halogens is 1. The maximum atomic E-state index is 15.3. The molecule has 2 aromatic rings. The Morgan fingerprint density at radius 2 is 1.97 bits per heavy atom. The van der Waals surface area contributed by atoms with Crippen LogP contribution in [0.3, 0.4) is 0 Å². The molecule has 0 radical (unpaired) electrons. The standard InChI is InChI=1S/C22H24FN3O4S/c1-30-15-14-24-21(27)16-19-8-5-9-20(25-19)26-31(28,29)22(23)12-10-18(11-13-22)17-6-3-2-4-7-17/h2-12H,13-16H2,1H3,(H,24,27)(H,25,26). The number of methoxy groups -OCH3 is 1. The van der Waals surface area contributed by atoms with Gasteiger partial charge in [0.1, 0.15) is 5.82 Å². The molecular weight excluding hydrogens is 421 g/mol. The number of carbonyl (C=O) groups is 1. The van der Waals surface area contributed by atoms with Crippen molar-refractivity contribution < 1.29 is 22.3 Å². The number of nitrogens with one attached hydrogen (secondary N) is 2. The molecule has 1 unspecified atom stereocenters. The Morgan fingerprint density at radius 3 is 2.65 bits per heavy atom. The van der Waals surface area contributed by atoms with Crippen molar-refractivity contribution in [3.05, 3.63) is 78.0 Å². The number of amides is 1. The van der Waals surface area contributed by atoms with E-state index in [2.05, 4.69) is 15.0 Å². The molecule has 1 aliphatic rings. The molecule has 9 heteroatoms. The van der Waals surface area contributed by atoms with Gasteiger partial charge in [0.25, 0.3) is 15.0 Å². The van der Waals surface area contributed by atoms with Gasteiger partial charge in [0.15, 0.2) is 0 Å². The van der Waals surface area contributed by atoms with Gasteiger partial charge >= 0.3 is 0 Å². The molecule has 1 aromatic heterocycles. The first-order chi connectivity index (χ1) is 14.8. The van der Waals surface area contributed by atoms with E-state index in [4.69, 9.17) is 4.74 Å². The second kappa shape index (κ2) is 9.84. The first kappa shape index (κ1) is 22.6. The Morgan fingerprint density at radius 1 is 1.19 bits per heavy atom. The maximum absolute atomic E-state index is 15.3. The van der Waals surface area contributed by atoms with E-state index in [-0.39, 0.29) is 24.6 Å². The molecule has 0 saturated heterocycles. The number of carbonyl (C=O) groups excluding carboxylic acids is 1. The number of hydrogen-bond donors (Lipinski definition) is 2. The van der Waals surface area contributed by atoms with Crippen molar-refractivity contribution in [3.63, 3.8) is 0 Å². The Hall–Kier alpha value is -3.04. The summed E-state index contributed by atoms with van der Waals surface area (Å²) in [5, 5.41) is 0.0463. The van der Waals surface area contributed by atoms with Crippen molar-refractivity contribution in [2.75, 3.05) is 25.0 Å². The van der Waals surface area contributed by atoms with Gasteiger partial charge in [0.2, 0.25) is 5.91 Å². The van der Waals surface area contributed by atoms with Crippen LogP contribution in [0.4, 0.5) is 10.2 Å². The summed E-state index contributed by atoms with van der Waals surface area (Å²) in [6.07, 6.45) is 3.70. The molecular formula is C22H24FN3O4S. The number of aromatic nitrogens is 1. The fourth-order valence-corrected chi connectivity index (χ4v) is 4.13. The van der Waals surface area contributed by atoms with Crippen molar-refractivity contribution in [2.45, 2.75) is 17.8 Å². The minimum Gasteiger partial charge on any atom is -0.383 e. The summed E-state index contributed by atoms with van der Waals surface area (Å²) in [5.74, 6) is -0.328. The third kappa shape index (κ3) is 5.77. The summed E-state index contributed by atoms with van der Waals surface area (Å²) < 4.78 is 47.8. The van der Waals surface area contributed by atoms with Gasteiger partial charge in [0, 0.05) is 20.1 Å². The third-order valence-corrected chi connectivity index (χ3v) is 6.36. The highest BCUT2D eigenvalue weighted by atomic mass is 32.2. The molecule has 0 fully saturated rings. The molecule has 1 aliphatic carbocycles. The highest BCUT2D eigenvalue weighted by Gasteiger charge is 2.43. The topological polar surface area (TPSA) is 97.4 Å². The van der Waals surface area contributed by atoms with Crippen LogP contribution in [-0.4, -0.2) is 44.6 Å². The molecule has 1 aromatic carbocycles.